The maximum absolute atomic E-state index is 13.8. The van der Waals surface area contributed by atoms with Crippen LogP contribution in [0.5, 0.6) is 0 Å². The Labute approximate surface area is 208 Å². The summed E-state index contributed by atoms with van der Waals surface area (Å²) in [7, 11) is 0. The highest BCUT2D eigenvalue weighted by Crippen LogP contribution is 2.38. The number of nitrogens with one attached hydrogen (secondary N) is 2. The SMILES string of the molecule is CCOC(=O)/C(=C1\SC(=S)N(CC(=O)O)C1=O)c1csc(NC(=O)Nc2c(F)cc(F)cc2F)n1. The van der Waals surface area contributed by atoms with Gasteiger partial charge in [-0.2, -0.15) is 0 Å². The first-order valence-electron chi connectivity index (χ1n) is 9.37. The number of aliphatic carboxylic acids is 1. The van der Waals surface area contributed by atoms with Gasteiger partial charge >= 0.3 is 18.0 Å². The Morgan fingerprint density at radius 3 is 2.46 bits per heavy atom. The largest absolute Gasteiger partial charge is 0.480 e. The molecule has 0 unspecified atom stereocenters. The van der Waals surface area contributed by atoms with Crippen LogP contribution in [0.15, 0.2) is 22.4 Å². The van der Waals surface area contributed by atoms with Gasteiger partial charge in [0.25, 0.3) is 5.91 Å². The number of carbonyl (C=O) groups is 4. The van der Waals surface area contributed by atoms with Crippen molar-refractivity contribution in [1.82, 2.24) is 9.88 Å². The predicted octanol–water partition coefficient (Wildman–Crippen LogP) is 3.42. The van der Waals surface area contributed by atoms with E-state index in [0.717, 1.165) is 16.2 Å². The van der Waals surface area contributed by atoms with Gasteiger partial charge in [-0.1, -0.05) is 24.0 Å². The number of halogens is 3. The number of thiazole rings is 1. The van der Waals surface area contributed by atoms with E-state index in [-0.39, 0.29) is 32.2 Å². The third kappa shape index (κ3) is 5.95. The summed E-state index contributed by atoms with van der Waals surface area (Å²) < 4.78 is 45.4. The highest BCUT2D eigenvalue weighted by molar-refractivity contribution is 8.26. The first kappa shape index (κ1) is 26.1. The zero-order valence-corrected chi connectivity index (χ0v) is 19.8. The van der Waals surface area contributed by atoms with Crippen LogP contribution in [0.2, 0.25) is 0 Å². The lowest BCUT2D eigenvalue weighted by Gasteiger charge is -2.11. The Balaban J connectivity index is 1.88. The van der Waals surface area contributed by atoms with Crippen LogP contribution in [0, 0.1) is 17.5 Å². The van der Waals surface area contributed by atoms with Gasteiger partial charge in [-0.3, -0.25) is 19.8 Å². The van der Waals surface area contributed by atoms with Crippen molar-refractivity contribution >= 4 is 79.9 Å². The topological polar surface area (TPSA) is 138 Å². The number of ether oxygens (including phenoxy) is 1. The van der Waals surface area contributed by atoms with E-state index in [1.165, 1.54) is 12.3 Å². The first-order valence-corrected chi connectivity index (χ1v) is 11.5. The minimum Gasteiger partial charge on any atom is -0.480 e. The van der Waals surface area contributed by atoms with Crippen molar-refractivity contribution in [3.63, 3.8) is 0 Å². The molecule has 2 heterocycles. The Hall–Kier alpha value is -3.50. The molecule has 3 N–H and O–H groups in total. The lowest BCUT2D eigenvalue weighted by molar-refractivity contribution is -0.140. The molecule has 0 radical (unpaired) electrons. The second-order valence-corrected chi connectivity index (χ2v) is 8.94. The minimum atomic E-state index is -1.34. The van der Waals surface area contributed by atoms with Crippen LogP contribution in [0.1, 0.15) is 12.6 Å². The maximum Gasteiger partial charge on any atom is 0.341 e. The summed E-state index contributed by atoms with van der Waals surface area (Å²) in [5.74, 6) is -6.96. The lowest BCUT2D eigenvalue weighted by atomic mass is 10.2. The smallest absolute Gasteiger partial charge is 0.341 e. The number of carbonyl (C=O) groups excluding carboxylic acids is 3. The van der Waals surface area contributed by atoms with Crippen molar-refractivity contribution in [1.29, 1.82) is 0 Å². The van der Waals surface area contributed by atoms with Gasteiger partial charge in [0.05, 0.1) is 17.2 Å². The van der Waals surface area contributed by atoms with E-state index in [1.54, 1.807) is 0 Å². The standard InChI is InChI=1S/C19H13F3N4O6S3/c1-2-32-16(30)12(14-15(29)26(5-11(27)28)19(33)35-14)10-6-34-18(23-10)25-17(31)24-13-8(21)3-7(20)4-9(13)22/h3-4,6H,2,5H2,1H3,(H,27,28)(H2,23,24,25,31)/b14-12-. The number of esters is 1. The molecule has 1 fully saturated rings. The Bertz CT molecular complexity index is 1260. The van der Waals surface area contributed by atoms with Gasteiger partial charge in [0, 0.05) is 17.5 Å². The van der Waals surface area contributed by atoms with Crippen molar-refractivity contribution in [3.05, 3.63) is 45.6 Å². The third-order valence-corrected chi connectivity index (χ3v) is 6.28. The van der Waals surface area contributed by atoms with Gasteiger partial charge < -0.3 is 15.2 Å². The number of benzene rings is 1. The van der Waals surface area contributed by atoms with Gasteiger partial charge in [0.15, 0.2) is 16.8 Å². The van der Waals surface area contributed by atoms with Gasteiger partial charge in [-0.25, -0.2) is 27.7 Å². The number of thiocarbonyl (C=S) groups is 1. The quantitative estimate of drug-likeness (QED) is 0.271. The molecular formula is C19H13F3N4O6S3. The summed E-state index contributed by atoms with van der Waals surface area (Å²) in [6, 6.07) is -0.362. The van der Waals surface area contributed by atoms with Crippen molar-refractivity contribution in [2.75, 3.05) is 23.8 Å². The molecule has 0 bridgehead atoms. The zero-order chi connectivity index (χ0) is 25.9. The number of hydrogen-bond donors (Lipinski definition) is 3. The Morgan fingerprint density at radius 2 is 1.86 bits per heavy atom. The number of nitrogens with zero attached hydrogens (tertiary/aromatic N) is 2. The van der Waals surface area contributed by atoms with E-state index >= 15 is 0 Å². The molecule has 35 heavy (non-hydrogen) atoms. The summed E-state index contributed by atoms with van der Waals surface area (Å²) in [4.78, 5) is 53.2. The van der Waals surface area contributed by atoms with E-state index in [4.69, 9.17) is 22.1 Å². The Kier molecular flexibility index (Phi) is 8.08. The van der Waals surface area contributed by atoms with Crippen LogP contribution < -0.4 is 10.6 Å². The van der Waals surface area contributed by atoms with E-state index in [0.29, 0.717) is 23.9 Å². The molecule has 1 aromatic heterocycles. The predicted molar refractivity (Wildman–Crippen MR) is 124 cm³/mol. The number of carboxylic acid groups (broad SMARTS) is 1. The fourth-order valence-electron chi connectivity index (χ4n) is 2.69. The van der Waals surface area contributed by atoms with Crippen LogP contribution in [0.3, 0.4) is 0 Å². The van der Waals surface area contributed by atoms with E-state index in [1.807, 2.05) is 5.32 Å². The molecule has 2 aromatic rings. The molecule has 1 aliphatic heterocycles. The first-order chi connectivity index (χ1) is 16.5. The molecule has 1 aromatic carbocycles. The van der Waals surface area contributed by atoms with Gasteiger partial charge in [0.2, 0.25) is 0 Å². The molecule has 1 aliphatic rings. The number of urea groups is 1. The number of rotatable bonds is 7. The average molecular weight is 547 g/mol. The number of amides is 3. The molecule has 184 valence electrons. The van der Waals surface area contributed by atoms with Crippen LogP contribution in [-0.4, -0.2) is 56.3 Å². The molecule has 10 nitrogen and oxygen atoms in total. The van der Waals surface area contributed by atoms with Crippen molar-refractivity contribution in [2.24, 2.45) is 0 Å². The molecule has 3 rings (SSSR count). The van der Waals surface area contributed by atoms with E-state index in [9.17, 15) is 32.3 Å². The number of anilines is 2. The normalized spacial score (nSPS) is 14.7. The molecule has 16 heteroatoms. The summed E-state index contributed by atoms with van der Waals surface area (Å²) >= 11 is 6.52. The summed E-state index contributed by atoms with van der Waals surface area (Å²) in [5, 5.41) is 14.2. The monoisotopic (exact) mass is 546 g/mol. The van der Waals surface area contributed by atoms with Crippen LogP contribution in [0.4, 0.5) is 28.8 Å². The third-order valence-electron chi connectivity index (χ3n) is 4.08. The highest BCUT2D eigenvalue weighted by Gasteiger charge is 2.38. The van der Waals surface area contributed by atoms with E-state index in [2.05, 4.69) is 10.3 Å². The fourth-order valence-corrected chi connectivity index (χ4v) is 4.70. The van der Waals surface area contributed by atoms with Gasteiger partial charge in [-0.05, 0) is 6.92 Å². The summed E-state index contributed by atoms with van der Waals surface area (Å²) in [6.07, 6.45) is 0. The molecule has 1 saturated heterocycles. The molecule has 0 aliphatic carbocycles. The van der Waals surface area contributed by atoms with Gasteiger partial charge in [-0.15, -0.1) is 11.3 Å². The van der Waals surface area contributed by atoms with Crippen molar-refractivity contribution in [3.8, 4) is 0 Å². The average Bonchev–Trinajstić information content (AvgIpc) is 3.31. The summed E-state index contributed by atoms with van der Waals surface area (Å²) in [6.45, 7) is 0.756. The number of thioether (sulfide) groups is 1. The number of carboxylic acids is 1. The second kappa shape index (κ2) is 10.8. The molecule has 0 atom stereocenters. The lowest BCUT2D eigenvalue weighted by Crippen LogP contribution is -2.33. The van der Waals surface area contributed by atoms with Crippen LogP contribution >= 0.6 is 35.3 Å². The molecule has 0 saturated carbocycles. The highest BCUT2D eigenvalue weighted by atomic mass is 32.2. The molecular weight excluding hydrogens is 533 g/mol. The molecule has 0 spiro atoms. The summed E-state index contributed by atoms with van der Waals surface area (Å²) in [5.41, 5.74) is -1.30. The second-order valence-electron chi connectivity index (χ2n) is 6.44. The Morgan fingerprint density at radius 1 is 1.20 bits per heavy atom. The van der Waals surface area contributed by atoms with Crippen molar-refractivity contribution in [2.45, 2.75) is 6.92 Å². The van der Waals surface area contributed by atoms with E-state index < -0.39 is 53.6 Å². The zero-order valence-electron chi connectivity index (χ0n) is 17.4. The fraction of sp³-hybridized carbons (Fsp3) is 0.158. The number of hydrogen-bond acceptors (Lipinski definition) is 9. The maximum atomic E-state index is 13.8. The van der Waals surface area contributed by atoms with Crippen molar-refractivity contribution < 1.29 is 42.2 Å². The minimum absolute atomic E-state index is 0.0514. The number of aromatic nitrogens is 1. The van der Waals surface area contributed by atoms with Gasteiger partial charge in [0.1, 0.15) is 27.9 Å². The molecule has 3 amide bonds. The van der Waals surface area contributed by atoms with Crippen LogP contribution in [0.25, 0.3) is 5.57 Å². The van der Waals surface area contributed by atoms with Crippen LogP contribution in [-0.2, 0) is 19.1 Å².